The Hall–Kier alpha value is -1.85. The summed E-state index contributed by atoms with van der Waals surface area (Å²) < 4.78 is 0. The summed E-state index contributed by atoms with van der Waals surface area (Å²) in [7, 11) is 0. The second-order valence-electron chi connectivity index (χ2n) is 4.69. The van der Waals surface area contributed by atoms with Gasteiger partial charge in [0.25, 0.3) is 0 Å². The summed E-state index contributed by atoms with van der Waals surface area (Å²) >= 11 is 0. The molecule has 1 heterocycles. The van der Waals surface area contributed by atoms with Crippen LogP contribution in [0.1, 0.15) is 32.6 Å². The average molecular weight is 263 g/mol. The molecule has 0 aliphatic heterocycles. The summed E-state index contributed by atoms with van der Waals surface area (Å²) in [5.74, 6) is 1.75. The highest BCUT2D eigenvalue weighted by Crippen LogP contribution is 2.18. The smallest absolute Gasteiger partial charge is 0.220 e. The maximum atomic E-state index is 11.5. The van der Waals surface area contributed by atoms with Crippen molar-refractivity contribution in [3.63, 3.8) is 0 Å². The van der Waals surface area contributed by atoms with Gasteiger partial charge >= 0.3 is 0 Å². The molecule has 104 valence electrons. The SMILES string of the molecule is CCNc1cc(NCCCC(=O)NC2CC2)ncn1. The minimum absolute atomic E-state index is 0.153. The Kier molecular flexibility index (Phi) is 4.94. The molecule has 0 atom stereocenters. The van der Waals surface area contributed by atoms with E-state index in [4.69, 9.17) is 0 Å². The maximum Gasteiger partial charge on any atom is 0.220 e. The molecule has 0 bridgehead atoms. The van der Waals surface area contributed by atoms with Crippen molar-refractivity contribution in [2.75, 3.05) is 23.7 Å². The van der Waals surface area contributed by atoms with E-state index in [1.54, 1.807) is 0 Å². The normalized spacial score (nSPS) is 13.9. The first-order chi connectivity index (χ1) is 9.28. The average Bonchev–Trinajstić information content (AvgIpc) is 3.19. The Bertz CT molecular complexity index is 419. The van der Waals surface area contributed by atoms with Gasteiger partial charge in [0.1, 0.15) is 18.0 Å². The summed E-state index contributed by atoms with van der Waals surface area (Å²) in [5.41, 5.74) is 0. The van der Waals surface area contributed by atoms with Crippen molar-refractivity contribution < 1.29 is 4.79 Å². The van der Waals surface area contributed by atoms with E-state index in [9.17, 15) is 4.79 Å². The molecule has 6 nitrogen and oxygen atoms in total. The summed E-state index contributed by atoms with van der Waals surface area (Å²) in [5, 5.41) is 9.30. The first kappa shape index (κ1) is 13.6. The standard InChI is InChI=1S/C13H21N5O/c1-2-14-11-8-12(17-9-16-11)15-7-3-4-13(19)18-10-5-6-10/h8-10H,2-7H2,1H3,(H,18,19)(H2,14,15,16,17). The number of rotatable bonds is 8. The zero-order valence-electron chi connectivity index (χ0n) is 11.3. The van der Waals surface area contributed by atoms with Gasteiger partial charge in [-0.25, -0.2) is 9.97 Å². The number of carbonyl (C=O) groups excluding carboxylic acids is 1. The molecule has 0 unspecified atom stereocenters. The highest BCUT2D eigenvalue weighted by molar-refractivity contribution is 5.76. The van der Waals surface area contributed by atoms with E-state index in [0.717, 1.165) is 44.0 Å². The Morgan fingerprint density at radius 1 is 1.32 bits per heavy atom. The van der Waals surface area contributed by atoms with Crippen molar-refractivity contribution in [3.8, 4) is 0 Å². The molecule has 1 aliphatic carbocycles. The van der Waals surface area contributed by atoms with E-state index in [0.29, 0.717) is 12.5 Å². The molecule has 6 heteroatoms. The van der Waals surface area contributed by atoms with Gasteiger partial charge in [0.15, 0.2) is 0 Å². The highest BCUT2D eigenvalue weighted by atomic mass is 16.1. The minimum Gasteiger partial charge on any atom is -0.370 e. The van der Waals surface area contributed by atoms with Crippen molar-refractivity contribution in [1.82, 2.24) is 15.3 Å². The number of nitrogens with one attached hydrogen (secondary N) is 3. The Morgan fingerprint density at radius 3 is 2.74 bits per heavy atom. The number of nitrogens with zero attached hydrogens (tertiary/aromatic N) is 2. The predicted molar refractivity (Wildman–Crippen MR) is 75.1 cm³/mol. The predicted octanol–water partition coefficient (Wildman–Crippen LogP) is 1.38. The lowest BCUT2D eigenvalue weighted by atomic mass is 10.3. The number of anilines is 2. The molecular formula is C13H21N5O. The lowest BCUT2D eigenvalue weighted by Gasteiger charge is -2.07. The third-order valence-electron chi connectivity index (χ3n) is 2.85. The summed E-state index contributed by atoms with van der Waals surface area (Å²) in [4.78, 5) is 19.7. The van der Waals surface area contributed by atoms with Crippen molar-refractivity contribution in [3.05, 3.63) is 12.4 Å². The van der Waals surface area contributed by atoms with E-state index in [-0.39, 0.29) is 5.91 Å². The molecule has 0 radical (unpaired) electrons. The molecule has 0 spiro atoms. The van der Waals surface area contributed by atoms with Crippen molar-refractivity contribution in [2.24, 2.45) is 0 Å². The molecular weight excluding hydrogens is 242 g/mol. The van der Waals surface area contributed by atoms with E-state index in [2.05, 4.69) is 25.9 Å². The second kappa shape index (κ2) is 6.92. The fourth-order valence-electron chi connectivity index (χ4n) is 1.72. The molecule has 2 rings (SSSR count). The van der Waals surface area contributed by atoms with Crippen LogP contribution >= 0.6 is 0 Å². The van der Waals surface area contributed by atoms with Crippen LogP contribution in [-0.4, -0.2) is 35.0 Å². The molecule has 1 amide bonds. The third-order valence-corrected chi connectivity index (χ3v) is 2.85. The third kappa shape index (κ3) is 5.11. The number of carbonyl (C=O) groups is 1. The number of hydrogen-bond donors (Lipinski definition) is 3. The second-order valence-corrected chi connectivity index (χ2v) is 4.69. The molecule has 0 aromatic carbocycles. The largest absolute Gasteiger partial charge is 0.370 e. The van der Waals surface area contributed by atoms with Crippen molar-refractivity contribution in [1.29, 1.82) is 0 Å². The minimum atomic E-state index is 0.153. The van der Waals surface area contributed by atoms with Crippen LogP contribution in [0.5, 0.6) is 0 Å². The van der Waals surface area contributed by atoms with Gasteiger partial charge in [-0.05, 0) is 26.2 Å². The van der Waals surface area contributed by atoms with Crippen LogP contribution < -0.4 is 16.0 Å². The summed E-state index contributed by atoms with van der Waals surface area (Å²) in [6, 6.07) is 2.32. The monoisotopic (exact) mass is 263 g/mol. The van der Waals surface area contributed by atoms with Gasteiger partial charge in [0, 0.05) is 31.6 Å². The first-order valence-corrected chi connectivity index (χ1v) is 6.87. The van der Waals surface area contributed by atoms with Gasteiger partial charge in [-0.2, -0.15) is 0 Å². The molecule has 1 saturated carbocycles. The molecule has 1 aromatic rings. The number of amides is 1. The van der Waals surface area contributed by atoms with Crippen LogP contribution in [0, 0.1) is 0 Å². The quantitative estimate of drug-likeness (QED) is 0.618. The van der Waals surface area contributed by atoms with Gasteiger partial charge in [-0.15, -0.1) is 0 Å². The van der Waals surface area contributed by atoms with Gasteiger partial charge in [0.2, 0.25) is 5.91 Å². The van der Waals surface area contributed by atoms with Gasteiger partial charge in [-0.1, -0.05) is 0 Å². The molecule has 3 N–H and O–H groups in total. The van der Waals surface area contributed by atoms with E-state index < -0.39 is 0 Å². The molecule has 1 fully saturated rings. The lowest BCUT2D eigenvalue weighted by molar-refractivity contribution is -0.121. The first-order valence-electron chi connectivity index (χ1n) is 6.87. The summed E-state index contributed by atoms with van der Waals surface area (Å²) in [6.07, 6.45) is 5.17. The Morgan fingerprint density at radius 2 is 2.05 bits per heavy atom. The van der Waals surface area contributed by atoms with Gasteiger partial charge in [0.05, 0.1) is 0 Å². The van der Waals surface area contributed by atoms with Crippen LogP contribution in [0.4, 0.5) is 11.6 Å². The zero-order valence-corrected chi connectivity index (χ0v) is 11.3. The van der Waals surface area contributed by atoms with Crippen LogP contribution in [0.3, 0.4) is 0 Å². The van der Waals surface area contributed by atoms with Gasteiger partial charge in [-0.3, -0.25) is 4.79 Å². The van der Waals surface area contributed by atoms with E-state index >= 15 is 0 Å². The van der Waals surface area contributed by atoms with Crippen LogP contribution in [0.25, 0.3) is 0 Å². The van der Waals surface area contributed by atoms with E-state index in [1.165, 1.54) is 6.33 Å². The van der Waals surface area contributed by atoms with Crippen molar-refractivity contribution >= 4 is 17.5 Å². The van der Waals surface area contributed by atoms with Crippen LogP contribution in [0.15, 0.2) is 12.4 Å². The lowest BCUT2D eigenvalue weighted by Crippen LogP contribution is -2.25. The summed E-state index contributed by atoms with van der Waals surface area (Å²) in [6.45, 7) is 3.59. The topological polar surface area (TPSA) is 78.9 Å². The highest BCUT2D eigenvalue weighted by Gasteiger charge is 2.22. The van der Waals surface area contributed by atoms with Crippen LogP contribution in [0.2, 0.25) is 0 Å². The van der Waals surface area contributed by atoms with Crippen LogP contribution in [-0.2, 0) is 4.79 Å². The van der Waals surface area contributed by atoms with Gasteiger partial charge < -0.3 is 16.0 Å². The molecule has 0 saturated heterocycles. The van der Waals surface area contributed by atoms with E-state index in [1.807, 2.05) is 13.0 Å². The zero-order chi connectivity index (χ0) is 13.5. The Labute approximate surface area is 113 Å². The maximum absolute atomic E-state index is 11.5. The number of hydrogen-bond acceptors (Lipinski definition) is 5. The Balaban J connectivity index is 1.64. The molecule has 19 heavy (non-hydrogen) atoms. The number of aromatic nitrogens is 2. The molecule has 1 aliphatic rings. The fourth-order valence-corrected chi connectivity index (χ4v) is 1.72. The molecule has 1 aromatic heterocycles. The van der Waals surface area contributed by atoms with Crippen molar-refractivity contribution in [2.45, 2.75) is 38.6 Å². The fraction of sp³-hybridized carbons (Fsp3) is 0.615.